The van der Waals surface area contributed by atoms with Gasteiger partial charge < -0.3 is 19.5 Å². The van der Waals surface area contributed by atoms with Gasteiger partial charge in [0.1, 0.15) is 0 Å². The Morgan fingerprint density at radius 1 is 0.909 bits per heavy atom. The summed E-state index contributed by atoms with van der Waals surface area (Å²) in [7, 11) is 0. The van der Waals surface area contributed by atoms with E-state index in [4.69, 9.17) is 14.2 Å². The molecule has 5 nitrogen and oxygen atoms in total. The lowest BCUT2D eigenvalue weighted by molar-refractivity contribution is -0.122. The number of ether oxygens (including phenoxy) is 3. The van der Waals surface area contributed by atoms with Crippen molar-refractivity contribution in [1.29, 1.82) is 0 Å². The SMILES string of the molecule is CC(C)NC(=O)CCOCCOCCOCCCC(C)(C)C. The molecule has 0 aliphatic carbocycles. The van der Waals surface area contributed by atoms with Gasteiger partial charge in [-0.1, -0.05) is 20.8 Å². The molecule has 0 aromatic rings. The normalized spacial score (nSPS) is 11.9. The highest BCUT2D eigenvalue weighted by molar-refractivity contribution is 5.76. The number of carbonyl (C=O) groups excluding carboxylic acids is 1. The van der Waals surface area contributed by atoms with Crippen molar-refractivity contribution < 1.29 is 19.0 Å². The molecule has 0 spiro atoms. The maximum absolute atomic E-state index is 11.3. The Kier molecular flexibility index (Phi) is 12.5. The molecule has 0 radical (unpaired) electrons. The molecular formula is C17H35NO4. The molecule has 5 heteroatoms. The summed E-state index contributed by atoms with van der Waals surface area (Å²) in [4.78, 5) is 11.3. The van der Waals surface area contributed by atoms with Gasteiger partial charge in [0.05, 0.1) is 33.0 Å². The standard InChI is InChI=1S/C17H35NO4/c1-15(2)18-16(19)7-10-21-12-14-22-13-11-20-9-6-8-17(3,4)5/h15H,6-14H2,1-5H3,(H,18,19). The first kappa shape index (κ1) is 21.4. The first-order chi connectivity index (χ1) is 10.3. The lowest BCUT2D eigenvalue weighted by atomic mass is 9.91. The molecule has 0 aromatic carbocycles. The minimum Gasteiger partial charge on any atom is -0.379 e. The Morgan fingerprint density at radius 2 is 1.41 bits per heavy atom. The van der Waals surface area contributed by atoms with Crippen molar-refractivity contribution in [2.45, 2.75) is 59.9 Å². The van der Waals surface area contributed by atoms with Gasteiger partial charge in [0, 0.05) is 19.1 Å². The number of hydrogen-bond donors (Lipinski definition) is 1. The predicted octanol–water partition coefficient (Wildman–Crippen LogP) is 2.78. The van der Waals surface area contributed by atoms with Crippen LogP contribution in [0.5, 0.6) is 0 Å². The van der Waals surface area contributed by atoms with Crippen LogP contribution in [0.2, 0.25) is 0 Å². The maximum atomic E-state index is 11.3. The van der Waals surface area contributed by atoms with Gasteiger partial charge in [0.2, 0.25) is 5.91 Å². The van der Waals surface area contributed by atoms with Gasteiger partial charge in [-0.2, -0.15) is 0 Å². The third kappa shape index (κ3) is 17.4. The van der Waals surface area contributed by atoms with E-state index in [1.807, 2.05) is 13.8 Å². The van der Waals surface area contributed by atoms with Crippen molar-refractivity contribution in [1.82, 2.24) is 5.32 Å². The predicted molar refractivity (Wildman–Crippen MR) is 89.0 cm³/mol. The molecule has 1 N–H and O–H groups in total. The Hall–Kier alpha value is -0.650. The fourth-order valence-corrected chi connectivity index (χ4v) is 1.81. The molecule has 0 saturated carbocycles. The second kappa shape index (κ2) is 12.9. The van der Waals surface area contributed by atoms with E-state index in [0.29, 0.717) is 44.9 Å². The third-order valence-corrected chi connectivity index (χ3v) is 2.88. The monoisotopic (exact) mass is 317 g/mol. The van der Waals surface area contributed by atoms with Crippen LogP contribution in [0.1, 0.15) is 53.9 Å². The fraction of sp³-hybridized carbons (Fsp3) is 0.941. The van der Waals surface area contributed by atoms with Crippen LogP contribution in [0.3, 0.4) is 0 Å². The van der Waals surface area contributed by atoms with Crippen molar-refractivity contribution in [2.24, 2.45) is 5.41 Å². The number of carbonyl (C=O) groups is 1. The molecule has 0 heterocycles. The lowest BCUT2D eigenvalue weighted by Crippen LogP contribution is -2.30. The van der Waals surface area contributed by atoms with E-state index in [1.165, 1.54) is 6.42 Å². The molecule has 0 saturated heterocycles. The minimum absolute atomic E-state index is 0.0274. The lowest BCUT2D eigenvalue weighted by Gasteiger charge is -2.17. The highest BCUT2D eigenvalue weighted by Gasteiger charge is 2.08. The van der Waals surface area contributed by atoms with Crippen LogP contribution in [0.4, 0.5) is 0 Å². The van der Waals surface area contributed by atoms with E-state index in [-0.39, 0.29) is 11.9 Å². The average Bonchev–Trinajstić information content (AvgIpc) is 2.38. The first-order valence-electron chi connectivity index (χ1n) is 8.34. The summed E-state index contributed by atoms with van der Waals surface area (Å²) >= 11 is 0. The molecule has 0 fully saturated rings. The summed E-state index contributed by atoms with van der Waals surface area (Å²) in [5.74, 6) is 0.0274. The van der Waals surface area contributed by atoms with Crippen LogP contribution in [0, 0.1) is 5.41 Å². The molecule has 132 valence electrons. The van der Waals surface area contributed by atoms with E-state index in [9.17, 15) is 4.79 Å². The summed E-state index contributed by atoms with van der Waals surface area (Å²) in [6, 6.07) is 0.180. The van der Waals surface area contributed by atoms with Gasteiger partial charge in [-0.25, -0.2) is 0 Å². The fourth-order valence-electron chi connectivity index (χ4n) is 1.81. The molecule has 0 atom stereocenters. The van der Waals surface area contributed by atoms with Crippen molar-refractivity contribution in [3.05, 3.63) is 0 Å². The second-order valence-electron chi connectivity index (χ2n) is 6.97. The van der Waals surface area contributed by atoms with E-state index >= 15 is 0 Å². The molecule has 0 aliphatic rings. The molecule has 1 amide bonds. The van der Waals surface area contributed by atoms with Gasteiger partial charge in [0.25, 0.3) is 0 Å². The Balaban J connectivity index is 3.16. The maximum Gasteiger partial charge on any atom is 0.222 e. The highest BCUT2D eigenvalue weighted by Crippen LogP contribution is 2.20. The summed E-state index contributed by atoms with van der Waals surface area (Å²) < 4.78 is 16.3. The van der Waals surface area contributed by atoms with Gasteiger partial charge in [0.15, 0.2) is 0 Å². The minimum atomic E-state index is 0.0274. The molecule has 0 aromatic heterocycles. The average molecular weight is 317 g/mol. The zero-order valence-electron chi connectivity index (χ0n) is 15.1. The zero-order chi connectivity index (χ0) is 16.8. The van der Waals surface area contributed by atoms with Crippen LogP contribution in [0.25, 0.3) is 0 Å². The molecule has 0 unspecified atom stereocenters. The number of hydrogen-bond acceptors (Lipinski definition) is 4. The van der Waals surface area contributed by atoms with Crippen molar-refractivity contribution in [3.8, 4) is 0 Å². The highest BCUT2D eigenvalue weighted by atomic mass is 16.5. The van der Waals surface area contributed by atoms with Crippen molar-refractivity contribution in [3.63, 3.8) is 0 Å². The largest absolute Gasteiger partial charge is 0.379 e. The van der Waals surface area contributed by atoms with Crippen LogP contribution in [-0.2, 0) is 19.0 Å². The molecule has 22 heavy (non-hydrogen) atoms. The zero-order valence-corrected chi connectivity index (χ0v) is 15.1. The smallest absolute Gasteiger partial charge is 0.222 e. The summed E-state index contributed by atoms with van der Waals surface area (Å²) in [6.45, 7) is 14.1. The molecule has 0 aliphatic heterocycles. The Labute approximate surface area is 136 Å². The van der Waals surface area contributed by atoms with Crippen LogP contribution >= 0.6 is 0 Å². The van der Waals surface area contributed by atoms with Crippen molar-refractivity contribution in [2.75, 3.05) is 39.6 Å². The summed E-state index contributed by atoms with van der Waals surface area (Å²) in [5, 5.41) is 2.82. The van der Waals surface area contributed by atoms with Gasteiger partial charge in [-0.3, -0.25) is 4.79 Å². The molecular weight excluding hydrogens is 282 g/mol. The van der Waals surface area contributed by atoms with Crippen molar-refractivity contribution >= 4 is 5.91 Å². The van der Waals surface area contributed by atoms with Gasteiger partial charge in [-0.05, 0) is 32.1 Å². The summed E-state index contributed by atoms with van der Waals surface area (Å²) in [5.41, 5.74) is 0.378. The summed E-state index contributed by atoms with van der Waals surface area (Å²) in [6.07, 6.45) is 2.66. The molecule has 0 rings (SSSR count). The second-order valence-corrected chi connectivity index (χ2v) is 6.97. The topological polar surface area (TPSA) is 56.8 Å². The third-order valence-electron chi connectivity index (χ3n) is 2.88. The Morgan fingerprint density at radius 3 is 1.91 bits per heavy atom. The van der Waals surface area contributed by atoms with E-state index < -0.39 is 0 Å². The van der Waals surface area contributed by atoms with Gasteiger partial charge in [-0.15, -0.1) is 0 Å². The molecule has 0 bridgehead atoms. The Bertz CT molecular complexity index is 274. The van der Waals surface area contributed by atoms with E-state index in [0.717, 1.165) is 13.0 Å². The van der Waals surface area contributed by atoms with Crippen LogP contribution in [-0.4, -0.2) is 51.6 Å². The van der Waals surface area contributed by atoms with Crippen LogP contribution in [0.15, 0.2) is 0 Å². The van der Waals surface area contributed by atoms with E-state index in [2.05, 4.69) is 26.1 Å². The van der Waals surface area contributed by atoms with E-state index in [1.54, 1.807) is 0 Å². The van der Waals surface area contributed by atoms with Crippen LogP contribution < -0.4 is 5.32 Å². The number of nitrogens with one attached hydrogen (secondary N) is 1. The first-order valence-corrected chi connectivity index (χ1v) is 8.34. The van der Waals surface area contributed by atoms with Gasteiger partial charge >= 0.3 is 0 Å². The number of amides is 1. The number of rotatable bonds is 13. The quantitative estimate of drug-likeness (QED) is 0.531.